The van der Waals surface area contributed by atoms with Crippen molar-refractivity contribution >= 4 is 28.7 Å². The zero-order valence-corrected chi connectivity index (χ0v) is 28.3. The number of aromatic nitrogens is 1. The Morgan fingerprint density at radius 3 is 2.04 bits per heavy atom. The SMILES string of the molecule is CCOC(=O)c1c(CC(=O)NC2(C(=O)OCC)CC2)n(-c2ccc(OC(C)C)cc2)c2ccc(Oc3ccc(C(C)(C)C)cc3)cc12. The summed E-state index contributed by atoms with van der Waals surface area (Å²) in [6, 6.07) is 20.9. The van der Waals surface area contributed by atoms with Crippen molar-refractivity contribution in [3.63, 3.8) is 0 Å². The van der Waals surface area contributed by atoms with Gasteiger partial charge in [0.25, 0.3) is 0 Å². The van der Waals surface area contributed by atoms with Crippen LogP contribution in [0.1, 0.15) is 82.9 Å². The fourth-order valence-corrected chi connectivity index (χ4v) is 5.62. The van der Waals surface area contributed by atoms with Crippen LogP contribution in [0.2, 0.25) is 0 Å². The van der Waals surface area contributed by atoms with Crippen LogP contribution in [0.15, 0.2) is 66.7 Å². The molecular formula is C38H44N2O7. The number of nitrogens with one attached hydrogen (secondary N) is 1. The highest BCUT2D eigenvalue weighted by Gasteiger charge is 2.52. The van der Waals surface area contributed by atoms with Crippen LogP contribution in [0.4, 0.5) is 0 Å². The molecule has 0 radical (unpaired) electrons. The van der Waals surface area contributed by atoms with Crippen molar-refractivity contribution in [2.75, 3.05) is 13.2 Å². The number of esters is 2. The van der Waals surface area contributed by atoms with Gasteiger partial charge in [-0.3, -0.25) is 4.79 Å². The zero-order valence-electron chi connectivity index (χ0n) is 28.3. The van der Waals surface area contributed by atoms with Gasteiger partial charge in [0, 0.05) is 16.8 Å². The molecule has 0 aliphatic heterocycles. The highest BCUT2D eigenvalue weighted by molar-refractivity contribution is 6.08. The van der Waals surface area contributed by atoms with Crippen molar-refractivity contribution in [2.45, 2.75) is 84.8 Å². The van der Waals surface area contributed by atoms with E-state index in [9.17, 15) is 14.4 Å². The monoisotopic (exact) mass is 640 g/mol. The lowest BCUT2D eigenvalue weighted by atomic mass is 9.87. The van der Waals surface area contributed by atoms with Gasteiger partial charge in [-0.25, -0.2) is 9.59 Å². The molecule has 5 rings (SSSR count). The molecule has 0 atom stereocenters. The normalized spacial score (nSPS) is 13.7. The van der Waals surface area contributed by atoms with Crippen molar-refractivity contribution in [2.24, 2.45) is 0 Å². The first-order valence-corrected chi connectivity index (χ1v) is 16.2. The second-order valence-electron chi connectivity index (χ2n) is 13.1. The lowest BCUT2D eigenvalue weighted by Crippen LogP contribution is -2.45. The van der Waals surface area contributed by atoms with Crippen molar-refractivity contribution in [1.29, 1.82) is 0 Å². The summed E-state index contributed by atoms with van der Waals surface area (Å²) >= 11 is 0. The third-order valence-corrected chi connectivity index (χ3v) is 8.06. The molecule has 1 amide bonds. The maximum absolute atomic E-state index is 13.7. The number of fused-ring (bicyclic) bond motifs is 1. The molecule has 0 unspecified atom stereocenters. The lowest BCUT2D eigenvalue weighted by Gasteiger charge is -2.19. The summed E-state index contributed by atoms with van der Waals surface area (Å²) in [4.78, 5) is 39.9. The first kappa shape index (κ1) is 33.6. The molecule has 1 aromatic heterocycles. The first-order valence-electron chi connectivity index (χ1n) is 16.2. The second kappa shape index (κ2) is 13.5. The summed E-state index contributed by atoms with van der Waals surface area (Å²) in [5, 5.41) is 3.46. The van der Waals surface area contributed by atoms with Gasteiger partial charge in [0.05, 0.1) is 36.8 Å². The van der Waals surface area contributed by atoms with Crippen LogP contribution >= 0.6 is 0 Å². The fourth-order valence-electron chi connectivity index (χ4n) is 5.62. The van der Waals surface area contributed by atoms with Crippen LogP contribution in [0.3, 0.4) is 0 Å². The largest absolute Gasteiger partial charge is 0.491 e. The summed E-state index contributed by atoms with van der Waals surface area (Å²) in [7, 11) is 0. The molecule has 9 nitrogen and oxygen atoms in total. The molecule has 248 valence electrons. The minimum absolute atomic E-state index is 0.000150. The Balaban J connectivity index is 1.60. The number of ether oxygens (including phenoxy) is 4. The van der Waals surface area contributed by atoms with Crippen LogP contribution in [0.5, 0.6) is 17.2 Å². The lowest BCUT2D eigenvalue weighted by molar-refractivity contribution is -0.148. The summed E-state index contributed by atoms with van der Waals surface area (Å²) in [5.41, 5.74) is 2.26. The number of amides is 1. The molecule has 0 saturated heterocycles. The van der Waals surface area contributed by atoms with Crippen LogP contribution < -0.4 is 14.8 Å². The number of benzene rings is 3. The third kappa shape index (κ3) is 7.45. The van der Waals surface area contributed by atoms with Crippen LogP contribution in [-0.4, -0.2) is 47.3 Å². The molecule has 9 heteroatoms. The van der Waals surface area contributed by atoms with E-state index in [1.165, 1.54) is 5.56 Å². The Bertz CT molecular complexity index is 1760. The zero-order chi connectivity index (χ0) is 33.9. The molecule has 1 heterocycles. The highest BCUT2D eigenvalue weighted by atomic mass is 16.5. The molecule has 1 aliphatic carbocycles. The quantitative estimate of drug-likeness (QED) is 0.161. The van der Waals surface area contributed by atoms with E-state index in [1.807, 2.05) is 79.1 Å². The molecule has 1 fully saturated rings. The van der Waals surface area contributed by atoms with E-state index in [-0.39, 0.29) is 36.7 Å². The number of hydrogen-bond acceptors (Lipinski definition) is 7. The number of nitrogens with zero attached hydrogens (tertiary/aromatic N) is 1. The summed E-state index contributed by atoms with van der Waals surface area (Å²) in [5.74, 6) is 0.474. The minimum Gasteiger partial charge on any atom is -0.491 e. The Kier molecular flexibility index (Phi) is 9.65. The minimum atomic E-state index is -1.03. The van der Waals surface area contributed by atoms with E-state index in [2.05, 4.69) is 26.1 Å². The molecule has 0 spiro atoms. The molecular weight excluding hydrogens is 596 g/mol. The topological polar surface area (TPSA) is 105 Å². The van der Waals surface area contributed by atoms with Gasteiger partial charge in [0.1, 0.15) is 22.8 Å². The number of carbonyl (C=O) groups excluding carboxylic acids is 3. The Labute approximate surface area is 276 Å². The van der Waals surface area contributed by atoms with E-state index < -0.39 is 23.4 Å². The second-order valence-corrected chi connectivity index (χ2v) is 13.1. The van der Waals surface area contributed by atoms with Gasteiger partial charge < -0.3 is 28.8 Å². The predicted octanol–water partition coefficient (Wildman–Crippen LogP) is 7.44. The third-order valence-electron chi connectivity index (χ3n) is 8.06. The van der Waals surface area contributed by atoms with Crippen molar-refractivity contribution in [3.8, 4) is 22.9 Å². The standard InChI is InChI=1S/C38H44N2O7/c1-8-44-35(42)34-30-22-29(47-28-14-10-25(11-15-28)37(5,6)7)18-19-31(30)40(26-12-16-27(17-13-26)46-24(3)4)32(34)23-33(41)39-38(20-21-38)36(43)45-9-2/h10-19,22,24H,8-9,20-21,23H2,1-7H3,(H,39,41). The number of carbonyl (C=O) groups is 3. The Morgan fingerprint density at radius 1 is 0.851 bits per heavy atom. The molecule has 3 aromatic carbocycles. The molecule has 1 N–H and O–H groups in total. The highest BCUT2D eigenvalue weighted by Crippen LogP contribution is 2.38. The van der Waals surface area contributed by atoms with E-state index in [1.54, 1.807) is 19.9 Å². The molecule has 1 aliphatic rings. The fraction of sp³-hybridized carbons (Fsp3) is 0.395. The maximum atomic E-state index is 13.7. The van der Waals surface area contributed by atoms with Crippen LogP contribution in [-0.2, 0) is 30.9 Å². The van der Waals surface area contributed by atoms with E-state index in [4.69, 9.17) is 18.9 Å². The molecule has 47 heavy (non-hydrogen) atoms. The molecule has 1 saturated carbocycles. The van der Waals surface area contributed by atoms with Gasteiger partial charge in [-0.15, -0.1) is 0 Å². The molecule has 0 bridgehead atoms. The predicted molar refractivity (Wildman–Crippen MR) is 181 cm³/mol. The van der Waals surface area contributed by atoms with Crippen molar-refractivity contribution in [3.05, 3.63) is 83.6 Å². The van der Waals surface area contributed by atoms with Gasteiger partial charge in [-0.2, -0.15) is 0 Å². The number of rotatable bonds is 12. The number of hydrogen-bond donors (Lipinski definition) is 1. The van der Waals surface area contributed by atoms with Gasteiger partial charge in [-0.1, -0.05) is 32.9 Å². The summed E-state index contributed by atoms with van der Waals surface area (Å²) in [6.07, 6.45) is 0.818. The average Bonchev–Trinajstić information content (AvgIpc) is 3.72. The van der Waals surface area contributed by atoms with Gasteiger partial charge in [0.15, 0.2) is 0 Å². The van der Waals surface area contributed by atoms with E-state index in [0.717, 1.165) is 5.69 Å². The van der Waals surface area contributed by atoms with Crippen LogP contribution in [0, 0.1) is 0 Å². The summed E-state index contributed by atoms with van der Waals surface area (Å²) in [6.45, 7) is 14.2. The van der Waals surface area contributed by atoms with E-state index >= 15 is 0 Å². The smallest absolute Gasteiger partial charge is 0.340 e. The van der Waals surface area contributed by atoms with Crippen molar-refractivity contribution in [1.82, 2.24) is 9.88 Å². The maximum Gasteiger partial charge on any atom is 0.340 e. The van der Waals surface area contributed by atoms with Crippen molar-refractivity contribution < 1.29 is 33.3 Å². The van der Waals surface area contributed by atoms with Gasteiger partial charge in [-0.05, 0) is 106 Å². The van der Waals surface area contributed by atoms with Crippen LogP contribution in [0.25, 0.3) is 16.6 Å². The van der Waals surface area contributed by atoms with E-state index in [0.29, 0.717) is 46.7 Å². The van der Waals surface area contributed by atoms with Gasteiger partial charge >= 0.3 is 11.9 Å². The Morgan fingerprint density at radius 2 is 1.47 bits per heavy atom. The van der Waals surface area contributed by atoms with Gasteiger partial charge in [0.2, 0.25) is 5.91 Å². The Hall–Kier alpha value is -4.79. The first-order chi connectivity index (χ1) is 22.3. The molecule has 4 aromatic rings. The average molecular weight is 641 g/mol. The summed E-state index contributed by atoms with van der Waals surface area (Å²) < 4.78 is 24.7.